The first-order valence-corrected chi connectivity index (χ1v) is 6.28. The second-order valence-corrected chi connectivity index (χ2v) is 4.99. The van der Waals surface area contributed by atoms with Crippen LogP contribution in [0.2, 0.25) is 0 Å². The monoisotopic (exact) mass is 239 g/mol. The lowest BCUT2D eigenvalue weighted by Gasteiger charge is -2.05. The van der Waals surface area contributed by atoms with E-state index >= 15 is 0 Å². The molecule has 16 heavy (non-hydrogen) atoms. The van der Waals surface area contributed by atoms with Gasteiger partial charge in [-0.3, -0.25) is 4.98 Å². The Kier molecular flexibility index (Phi) is 2.63. The normalized spacial score (nSPS) is 11.9. The molecular weight excluding hydrogens is 229 g/mol. The van der Waals surface area contributed by atoms with Crippen molar-refractivity contribution in [2.75, 3.05) is 0 Å². The van der Waals surface area contributed by atoms with Gasteiger partial charge in [-0.15, -0.1) is 3.89 Å². The summed E-state index contributed by atoms with van der Waals surface area (Å²) in [5.74, 6) is -0.600. The maximum Gasteiger partial charge on any atom is 0.306 e. The summed E-state index contributed by atoms with van der Waals surface area (Å²) in [6.45, 7) is 1.75. The van der Waals surface area contributed by atoms with Gasteiger partial charge in [-0.2, -0.15) is 8.42 Å². The summed E-state index contributed by atoms with van der Waals surface area (Å²) in [5, 5.41) is 0.675. The summed E-state index contributed by atoms with van der Waals surface area (Å²) in [5.41, 5.74) is 1.81. The summed E-state index contributed by atoms with van der Waals surface area (Å²) in [4.78, 5) is 4.25. The van der Waals surface area contributed by atoms with Crippen LogP contribution in [-0.4, -0.2) is 13.4 Å². The topological polar surface area (TPSA) is 47.0 Å². The van der Waals surface area contributed by atoms with Gasteiger partial charge in [0.15, 0.2) is 0 Å². The fourth-order valence-electron chi connectivity index (χ4n) is 1.70. The van der Waals surface area contributed by atoms with Crippen molar-refractivity contribution >= 4 is 21.1 Å². The minimum atomic E-state index is -4.51. The molecule has 0 unspecified atom stereocenters. The number of aryl methyl sites for hydroxylation is 1. The summed E-state index contributed by atoms with van der Waals surface area (Å²) in [6, 6.07) is 8.69. The number of rotatable bonds is 2. The quantitative estimate of drug-likeness (QED) is 0.756. The molecule has 0 saturated carbocycles. The van der Waals surface area contributed by atoms with Gasteiger partial charge < -0.3 is 0 Å². The van der Waals surface area contributed by atoms with E-state index in [2.05, 4.69) is 4.98 Å². The van der Waals surface area contributed by atoms with E-state index in [-0.39, 0.29) is 0 Å². The number of pyridine rings is 1. The highest BCUT2D eigenvalue weighted by molar-refractivity contribution is 7.85. The first kappa shape index (κ1) is 11.0. The molecular formula is C11H10FNO2S. The van der Waals surface area contributed by atoms with Crippen molar-refractivity contribution in [3.8, 4) is 0 Å². The predicted molar refractivity (Wildman–Crippen MR) is 60.2 cm³/mol. The van der Waals surface area contributed by atoms with Gasteiger partial charge in [0, 0.05) is 11.1 Å². The molecule has 0 atom stereocenters. The van der Waals surface area contributed by atoms with E-state index < -0.39 is 16.0 Å². The highest BCUT2D eigenvalue weighted by atomic mass is 32.3. The van der Waals surface area contributed by atoms with Crippen LogP contribution in [0, 0.1) is 6.92 Å². The van der Waals surface area contributed by atoms with Crippen LogP contribution in [0.25, 0.3) is 10.9 Å². The first-order valence-electron chi connectivity index (χ1n) is 4.73. The lowest BCUT2D eigenvalue weighted by Crippen LogP contribution is -1.99. The maximum atomic E-state index is 12.7. The number of nitrogens with zero attached hydrogens (tertiary/aromatic N) is 1. The van der Waals surface area contributed by atoms with Crippen molar-refractivity contribution in [2.24, 2.45) is 0 Å². The van der Waals surface area contributed by atoms with Gasteiger partial charge in [-0.05, 0) is 24.6 Å². The van der Waals surface area contributed by atoms with Crippen molar-refractivity contribution in [3.63, 3.8) is 0 Å². The van der Waals surface area contributed by atoms with Crippen LogP contribution in [0.5, 0.6) is 0 Å². The predicted octanol–water partition coefficient (Wildman–Crippen LogP) is 2.34. The third kappa shape index (κ3) is 2.36. The second-order valence-electron chi connectivity index (χ2n) is 3.62. The zero-order chi connectivity index (χ0) is 11.8. The van der Waals surface area contributed by atoms with Crippen LogP contribution < -0.4 is 0 Å². The van der Waals surface area contributed by atoms with Gasteiger partial charge in [0.2, 0.25) is 0 Å². The number of para-hydroxylation sites is 1. The summed E-state index contributed by atoms with van der Waals surface area (Å²) in [7, 11) is -4.51. The lowest BCUT2D eigenvalue weighted by molar-refractivity contribution is 0.551. The average molecular weight is 239 g/mol. The van der Waals surface area contributed by atoms with E-state index in [1.165, 1.54) is 0 Å². The van der Waals surface area contributed by atoms with Gasteiger partial charge in [0.1, 0.15) is 5.75 Å². The molecule has 0 aliphatic heterocycles. The minimum Gasteiger partial charge on any atom is -0.253 e. The van der Waals surface area contributed by atoms with E-state index in [1.54, 1.807) is 31.2 Å². The maximum absolute atomic E-state index is 12.7. The summed E-state index contributed by atoms with van der Waals surface area (Å²) >= 11 is 0. The van der Waals surface area contributed by atoms with Crippen molar-refractivity contribution < 1.29 is 12.3 Å². The lowest BCUT2D eigenvalue weighted by atomic mass is 10.1. The van der Waals surface area contributed by atoms with Gasteiger partial charge in [0.25, 0.3) is 0 Å². The van der Waals surface area contributed by atoms with Crippen molar-refractivity contribution in [2.45, 2.75) is 12.7 Å². The van der Waals surface area contributed by atoms with Gasteiger partial charge in [-0.1, -0.05) is 18.2 Å². The summed E-state index contributed by atoms with van der Waals surface area (Å²) < 4.78 is 34.0. The Hall–Kier alpha value is -1.49. The molecule has 0 bridgehead atoms. The highest BCUT2D eigenvalue weighted by Crippen LogP contribution is 2.20. The molecule has 0 aliphatic rings. The number of fused-ring (bicyclic) bond motifs is 1. The number of benzene rings is 1. The van der Waals surface area contributed by atoms with E-state index in [1.807, 2.05) is 6.07 Å². The number of halogens is 1. The Morgan fingerprint density at radius 3 is 2.69 bits per heavy atom. The highest BCUT2D eigenvalue weighted by Gasteiger charge is 2.12. The largest absolute Gasteiger partial charge is 0.306 e. The molecule has 5 heteroatoms. The van der Waals surface area contributed by atoms with Crippen molar-refractivity contribution in [1.82, 2.24) is 4.98 Å². The van der Waals surface area contributed by atoms with Crippen LogP contribution in [0.15, 0.2) is 30.3 Å². The Bertz CT molecular complexity index is 637. The molecule has 0 amide bonds. The molecule has 3 nitrogen and oxygen atoms in total. The Balaban J connectivity index is 2.68. The van der Waals surface area contributed by atoms with E-state index in [4.69, 9.17) is 0 Å². The van der Waals surface area contributed by atoms with Crippen LogP contribution in [-0.2, 0) is 16.0 Å². The fraction of sp³-hybridized carbons (Fsp3) is 0.182. The molecule has 0 radical (unpaired) electrons. The SMILES string of the molecule is Cc1cc(CS(=O)(=O)F)c2ccccc2n1. The third-order valence-corrected chi connectivity index (χ3v) is 2.91. The van der Waals surface area contributed by atoms with Crippen molar-refractivity contribution in [1.29, 1.82) is 0 Å². The molecule has 0 N–H and O–H groups in total. The number of hydrogen-bond donors (Lipinski definition) is 0. The molecule has 84 valence electrons. The fourth-order valence-corrected chi connectivity index (χ4v) is 2.31. The molecule has 0 fully saturated rings. The zero-order valence-electron chi connectivity index (χ0n) is 8.64. The van der Waals surface area contributed by atoms with Crippen LogP contribution >= 0.6 is 0 Å². The smallest absolute Gasteiger partial charge is 0.253 e. The Morgan fingerprint density at radius 1 is 1.31 bits per heavy atom. The van der Waals surface area contributed by atoms with E-state index in [9.17, 15) is 12.3 Å². The van der Waals surface area contributed by atoms with Gasteiger partial charge in [-0.25, -0.2) is 0 Å². The Morgan fingerprint density at radius 2 is 2.00 bits per heavy atom. The molecule has 0 saturated heterocycles. The van der Waals surface area contributed by atoms with Gasteiger partial charge in [0.05, 0.1) is 5.52 Å². The zero-order valence-corrected chi connectivity index (χ0v) is 9.46. The number of aromatic nitrogens is 1. The van der Waals surface area contributed by atoms with E-state index in [0.717, 1.165) is 0 Å². The van der Waals surface area contributed by atoms with Crippen molar-refractivity contribution in [3.05, 3.63) is 41.6 Å². The molecule has 0 spiro atoms. The molecule has 1 heterocycles. The molecule has 2 rings (SSSR count). The molecule has 1 aromatic carbocycles. The second kappa shape index (κ2) is 3.83. The van der Waals surface area contributed by atoms with Crippen LogP contribution in [0.1, 0.15) is 11.3 Å². The molecule has 2 aromatic rings. The summed E-state index contributed by atoms with van der Waals surface area (Å²) in [6.07, 6.45) is 0. The molecule has 0 aliphatic carbocycles. The molecule has 1 aromatic heterocycles. The standard InChI is InChI=1S/C11H10FNO2S/c1-8-6-9(7-16(12,14)15)10-4-2-3-5-11(10)13-8/h2-6H,7H2,1H3. The Labute approximate surface area is 93.1 Å². The average Bonchev–Trinajstić information content (AvgIpc) is 2.14. The third-order valence-electron chi connectivity index (χ3n) is 2.26. The first-order chi connectivity index (χ1) is 7.46. The minimum absolute atomic E-state index is 0.450. The van der Waals surface area contributed by atoms with Crippen LogP contribution in [0.4, 0.5) is 3.89 Å². The van der Waals surface area contributed by atoms with Gasteiger partial charge >= 0.3 is 10.2 Å². The number of hydrogen-bond acceptors (Lipinski definition) is 3. The van der Waals surface area contributed by atoms with Crippen LogP contribution in [0.3, 0.4) is 0 Å². The van der Waals surface area contributed by atoms with E-state index in [0.29, 0.717) is 22.2 Å².